The number of likely N-dealkylation sites (tertiary alicyclic amines) is 1. The Balaban J connectivity index is 0.00000363. The van der Waals surface area contributed by atoms with Gasteiger partial charge in [0.25, 0.3) is 0 Å². The van der Waals surface area contributed by atoms with Crippen LogP contribution in [0, 0.1) is 5.92 Å². The molecule has 0 amide bonds. The smallest absolute Gasteiger partial charge is 0.309 e. The Morgan fingerprint density at radius 2 is 1.66 bits per heavy atom. The fraction of sp³-hybridized carbons (Fsp3) is 0.667. The molecule has 2 aliphatic rings. The third-order valence-corrected chi connectivity index (χ3v) is 6.19. The maximum Gasteiger partial charge on any atom is 0.309 e. The van der Waals surface area contributed by atoms with Gasteiger partial charge in [-0.2, -0.15) is 0 Å². The molecule has 0 aromatic heterocycles. The van der Waals surface area contributed by atoms with E-state index in [1.807, 2.05) is 6.92 Å². The largest absolute Gasteiger partial charge is 0.466 e. The number of nitrogens with zero attached hydrogens (tertiary/aromatic N) is 4. The number of piperidine rings is 1. The number of piperazine rings is 1. The van der Waals surface area contributed by atoms with Crippen LogP contribution in [0.1, 0.15) is 37.8 Å². The molecule has 0 unspecified atom stereocenters. The summed E-state index contributed by atoms with van der Waals surface area (Å²) < 4.78 is 5.18. The second-order valence-corrected chi connectivity index (χ2v) is 8.58. The lowest BCUT2D eigenvalue weighted by atomic mass is 9.97. The van der Waals surface area contributed by atoms with Gasteiger partial charge in [0.2, 0.25) is 0 Å². The van der Waals surface area contributed by atoms with Crippen LogP contribution in [-0.4, -0.2) is 86.1 Å². The average Bonchev–Trinajstić information content (AvgIpc) is 2.79. The van der Waals surface area contributed by atoms with E-state index in [0.29, 0.717) is 13.2 Å². The van der Waals surface area contributed by atoms with E-state index in [1.54, 1.807) is 0 Å². The molecule has 1 N–H and O–H groups in total. The number of hydrogen-bond acceptors (Lipinski definition) is 5. The second kappa shape index (κ2) is 14.0. The molecular weight excluding hydrogens is 517 g/mol. The van der Waals surface area contributed by atoms with Crippen LogP contribution in [0.5, 0.6) is 0 Å². The quantitative estimate of drug-likeness (QED) is 0.241. The summed E-state index contributed by atoms with van der Waals surface area (Å²) in [4.78, 5) is 24.0. The molecule has 32 heavy (non-hydrogen) atoms. The highest BCUT2D eigenvalue weighted by molar-refractivity contribution is 14.0. The van der Waals surface area contributed by atoms with E-state index in [2.05, 4.69) is 58.3 Å². The van der Waals surface area contributed by atoms with Crippen molar-refractivity contribution in [1.29, 1.82) is 0 Å². The van der Waals surface area contributed by atoms with Gasteiger partial charge in [0.1, 0.15) is 0 Å². The number of guanidine groups is 1. The van der Waals surface area contributed by atoms with Gasteiger partial charge in [-0.05, 0) is 44.9 Å². The first-order chi connectivity index (χ1) is 15.1. The van der Waals surface area contributed by atoms with Crippen molar-refractivity contribution in [1.82, 2.24) is 20.0 Å². The number of likely N-dealkylation sites (N-methyl/N-ethyl adjacent to an activating group) is 1. The van der Waals surface area contributed by atoms with Crippen molar-refractivity contribution >= 4 is 35.9 Å². The Labute approximate surface area is 210 Å². The van der Waals surface area contributed by atoms with Gasteiger partial charge >= 0.3 is 5.97 Å². The molecule has 2 heterocycles. The zero-order chi connectivity index (χ0) is 22.1. The summed E-state index contributed by atoms with van der Waals surface area (Å²) in [5.41, 5.74) is 2.59. The number of nitrogens with one attached hydrogen (secondary N) is 1. The highest BCUT2D eigenvalue weighted by atomic mass is 127. The molecule has 3 rings (SSSR count). The van der Waals surface area contributed by atoms with Crippen LogP contribution in [-0.2, 0) is 22.6 Å². The molecule has 0 saturated carbocycles. The molecule has 2 saturated heterocycles. The van der Waals surface area contributed by atoms with Crippen molar-refractivity contribution in [2.75, 3.05) is 59.5 Å². The van der Waals surface area contributed by atoms with E-state index >= 15 is 0 Å². The second-order valence-electron chi connectivity index (χ2n) is 8.58. The van der Waals surface area contributed by atoms with Gasteiger partial charge in [0, 0.05) is 52.4 Å². The van der Waals surface area contributed by atoms with Crippen LogP contribution in [0.15, 0.2) is 29.3 Å². The molecule has 180 valence electrons. The number of benzene rings is 1. The number of rotatable bonds is 7. The number of halogens is 1. The first-order valence-corrected chi connectivity index (χ1v) is 11.8. The van der Waals surface area contributed by atoms with Crippen molar-refractivity contribution in [3.8, 4) is 0 Å². The van der Waals surface area contributed by atoms with Crippen LogP contribution in [0.4, 0.5) is 0 Å². The zero-order valence-corrected chi connectivity index (χ0v) is 22.2. The summed E-state index contributed by atoms with van der Waals surface area (Å²) in [5.74, 6) is 0.902. The Hall–Kier alpha value is -1.39. The monoisotopic (exact) mass is 557 g/mol. The predicted molar refractivity (Wildman–Crippen MR) is 140 cm³/mol. The first kappa shape index (κ1) is 26.9. The van der Waals surface area contributed by atoms with E-state index in [4.69, 9.17) is 9.73 Å². The maximum atomic E-state index is 12.0. The third kappa shape index (κ3) is 8.19. The normalized spacial score (nSPS) is 18.8. The Morgan fingerprint density at radius 3 is 2.25 bits per heavy atom. The van der Waals surface area contributed by atoms with Gasteiger partial charge in [0.05, 0.1) is 19.1 Å². The van der Waals surface area contributed by atoms with Crippen molar-refractivity contribution in [3.63, 3.8) is 0 Å². The standard InChI is InChI=1S/C24H39N5O2.HI/c1-4-25-24(29-12-10-22(11-13-29)23(30)31-5-2)26-18-20-6-8-21(9-7-20)19-28-16-14-27(3)15-17-28;/h6-9,22H,4-5,10-19H2,1-3H3,(H,25,26);1H. The van der Waals surface area contributed by atoms with E-state index < -0.39 is 0 Å². The molecule has 2 fully saturated rings. The SMILES string of the molecule is CCNC(=NCc1ccc(CN2CCN(C)CC2)cc1)N1CCC(C(=O)OCC)CC1.I. The van der Waals surface area contributed by atoms with Crippen molar-refractivity contribution in [2.24, 2.45) is 10.9 Å². The first-order valence-electron chi connectivity index (χ1n) is 11.8. The molecule has 0 bridgehead atoms. The van der Waals surface area contributed by atoms with Crippen LogP contribution < -0.4 is 5.32 Å². The highest BCUT2D eigenvalue weighted by Crippen LogP contribution is 2.19. The van der Waals surface area contributed by atoms with Gasteiger partial charge < -0.3 is 19.9 Å². The van der Waals surface area contributed by atoms with Gasteiger partial charge in [-0.25, -0.2) is 4.99 Å². The van der Waals surface area contributed by atoms with E-state index in [9.17, 15) is 4.79 Å². The van der Waals surface area contributed by atoms with E-state index in [1.165, 1.54) is 11.1 Å². The predicted octanol–water partition coefficient (Wildman–Crippen LogP) is 2.79. The minimum atomic E-state index is -0.0549. The summed E-state index contributed by atoms with van der Waals surface area (Å²) in [7, 11) is 2.19. The third-order valence-electron chi connectivity index (χ3n) is 6.19. The van der Waals surface area contributed by atoms with Crippen LogP contribution in [0.2, 0.25) is 0 Å². The van der Waals surface area contributed by atoms with Crippen LogP contribution in [0.25, 0.3) is 0 Å². The number of carbonyl (C=O) groups is 1. The van der Waals surface area contributed by atoms with Crippen LogP contribution >= 0.6 is 24.0 Å². The van der Waals surface area contributed by atoms with E-state index in [0.717, 1.165) is 71.2 Å². The molecule has 1 aromatic rings. The summed E-state index contributed by atoms with van der Waals surface area (Å²) in [6, 6.07) is 8.87. The molecule has 0 aliphatic carbocycles. The number of aliphatic imine (C=N–C) groups is 1. The molecule has 2 aliphatic heterocycles. The van der Waals surface area contributed by atoms with Gasteiger partial charge in [-0.3, -0.25) is 9.69 Å². The highest BCUT2D eigenvalue weighted by Gasteiger charge is 2.27. The molecule has 0 spiro atoms. The van der Waals surface area contributed by atoms with Crippen molar-refractivity contribution < 1.29 is 9.53 Å². The van der Waals surface area contributed by atoms with Gasteiger partial charge in [0.15, 0.2) is 5.96 Å². The molecule has 7 nitrogen and oxygen atoms in total. The topological polar surface area (TPSA) is 60.4 Å². The fourth-order valence-corrected chi connectivity index (χ4v) is 4.19. The minimum Gasteiger partial charge on any atom is -0.466 e. The summed E-state index contributed by atoms with van der Waals surface area (Å²) in [6.45, 7) is 13.2. The summed E-state index contributed by atoms with van der Waals surface area (Å²) >= 11 is 0. The molecule has 1 aromatic carbocycles. The Bertz CT molecular complexity index is 712. The number of ether oxygens (including phenoxy) is 1. The lowest BCUT2D eigenvalue weighted by Gasteiger charge is -2.33. The van der Waals surface area contributed by atoms with Gasteiger partial charge in [-0.1, -0.05) is 24.3 Å². The van der Waals surface area contributed by atoms with Gasteiger partial charge in [-0.15, -0.1) is 24.0 Å². The van der Waals surface area contributed by atoms with E-state index in [-0.39, 0.29) is 35.9 Å². The molecule has 8 heteroatoms. The molecule has 0 atom stereocenters. The van der Waals surface area contributed by atoms with Crippen molar-refractivity contribution in [3.05, 3.63) is 35.4 Å². The lowest BCUT2D eigenvalue weighted by Crippen LogP contribution is -2.46. The Kier molecular flexibility index (Phi) is 11.7. The molecule has 0 radical (unpaired) electrons. The fourth-order valence-electron chi connectivity index (χ4n) is 4.19. The number of hydrogen-bond donors (Lipinski definition) is 1. The summed E-state index contributed by atoms with van der Waals surface area (Å²) in [5, 5.41) is 3.41. The van der Waals surface area contributed by atoms with Crippen molar-refractivity contribution in [2.45, 2.75) is 39.8 Å². The minimum absolute atomic E-state index is 0. The Morgan fingerprint density at radius 1 is 1.03 bits per heavy atom. The average molecular weight is 558 g/mol. The molecular formula is C24H40IN5O2. The lowest BCUT2D eigenvalue weighted by molar-refractivity contribution is -0.149. The number of carbonyl (C=O) groups excluding carboxylic acids is 1. The number of esters is 1. The zero-order valence-electron chi connectivity index (χ0n) is 19.9. The van der Waals surface area contributed by atoms with Crippen LogP contribution in [0.3, 0.4) is 0 Å². The summed E-state index contributed by atoms with van der Waals surface area (Å²) in [6.07, 6.45) is 1.65. The maximum absolute atomic E-state index is 12.0.